The number of nitrogens with one attached hydrogen (secondary N) is 1. The van der Waals surface area contributed by atoms with E-state index < -0.39 is 124 Å². The number of aliphatic hydroxyl groups is 11. The quantitative estimate of drug-likeness (QED) is 0.0199. The Bertz CT molecular complexity index is 2120. The zero-order chi connectivity index (χ0) is 73.9. The summed E-state index contributed by atoms with van der Waals surface area (Å²) in [7, 11) is 0. The molecule has 0 spiro atoms. The van der Waals surface area contributed by atoms with Gasteiger partial charge in [0.15, 0.2) is 18.9 Å². The molecular formula is C83H149NO18. The number of aliphatic hydroxyl groups excluding tert-OH is 11. The summed E-state index contributed by atoms with van der Waals surface area (Å²) in [6.07, 6.45) is 56.1. The van der Waals surface area contributed by atoms with Gasteiger partial charge in [-0.25, -0.2) is 0 Å². The van der Waals surface area contributed by atoms with Crippen molar-refractivity contribution in [3.63, 3.8) is 0 Å². The fourth-order valence-corrected chi connectivity index (χ4v) is 13.6. The van der Waals surface area contributed by atoms with E-state index in [1.54, 1.807) is 6.08 Å². The number of ether oxygens (including phenoxy) is 6. The molecule has 3 aliphatic rings. The molecule has 0 aromatic rings. The first kappa shape index (κ1) is 93.4. The highest BCUT2D eigenvalue weighted by Gasteiger charge is 2.54. The van der Waals surface area contributed by atoms with E-state index in [-0.39, 0.29) is 18.9 Å². The van der Waals surface area contributed by atoms with Crippen LogP contribution in [0.1, 0.15) is 316 Å². The minimum atomic E-state index is -1.98. The number of allylic oxidation sites excluding steroid dienone is 11. The van der Waals surface area contributed by atoms with Crippen LogP contribution < -0.4 is 5.32 Å². The van der Waals surface area contributed by atoms with Crippen LogP contribution in [0.3, 0.4) is 0 Å². The van der Waals surface area contributed by atoms with Crippen molar-refractivity contribution in [2.75, 3.05) is 26.4 Å². The Hall–Kier alpha value is -2.77. The average Bonchev–Trinajstić information content (AvgIpc) is 0.781. The summed E-state index contributed by atoms with van der Waals surface area (Å²) in [6, 6.07) is -1.000. The average molecular weight is 1450 g/mol. The van der Waals surface area contributed by atoms with Crippen molar-refractivity contribution < 1.29 is 89.4 Å². The minimum absolute atomic E-state index is 0.232. The molecule has 17 atom stereocenters. The molecule has 19 heteroatoms. The van der Waals surface area contributed by atoms with Crippen LogP contribution in [0.4, 0.5) is 0 Å². The standard InChI is InChI=1S/C83H149NO18/c1-3-5-7-9-11-13-15-17-19-21-23-25-27-28-29-30-31-32-33-34-35-36-37-38-39-41-43-45-47-49-51-53-55-57-59-61-71(89)84-66(67(88)60-58-56-54-52-50-48-46-44-42-40-26-24-22-20-18-16-14-12-10-8-6-4-2)65-97-81-77(95)74(92)79(69(63-86)99-81)102-83-78(96)75(93)80(70(64-87)100-83)101-82-76(94)73(91)72(90)68(62-85)98-82/h15,17,21,23,27-28,42,44,50,52,58,60,66-70,72-83,85-88,90-96H,3-14,16,18-20,22,24-26,29-41,43,45-49,51,53-57,59,61-65H2,1-2H3,(H,84,89)/b17-15-,23-21-,28-27-,44-42+,52-50+,60-58+. The maximum atomic E-state index is 13.5. The first-order valence-corrected chi connectivity index (χ1v) is 41.2. The second-order valence-corrected chi connectivity index (χ2v) is 29.2. The number of hydrogen-bond donors (Lipinski definition) is 12. The Morgan fingerprint density at radius 2 is 0.657 bits per heavy atom. The van der Waals surface area contributed by atoms with Crippen LogP contribution >= 0.6 is 0 Å². The third-order valence-corrected chi connectivity index (χ3v) is 20.2. The molecule has 3 fully saturated rings. The topological polar surface area (TPSA) is 307 Å². The number of unbranched alkanes of at least 4 members (excludes halogenated alkanes) is 39. The first-order valence-electron chi connectivity index (χ1n) is 41.2. The van der Waals surface area contributed by atoms with Gasteiger partial charge in [-0.05, 0) is 83.5 Å². The number of amides is 1. The Kier molecular flexibility index (Phi) is 57.9. The number of carbonyl (C=O) groups is 1. The van der Waals surface area contributed by atoms with Gasteiger partial charge in [-0.15, -0.1) is 0 Å². The van der Waals surface area contributed by atoms with E-state index in [1.807, 2.05) is 6.08 Å². The molecule has 0 bridgehead atoms. The molecule has 17 unspecified atom stereocenters. The van der Waals surface area contributed by atoms with Gasteiger partial charge in [0.25, 0.3) is 0 Å². The van der Waals surface area contributed by atoms with Crippen molar-refractivity contribution in [3.8, 4) is 0 Å². The van der Waals surface area contributed by atoms with Gasteiger partial charge in [-0.3, -0.25) is 4.79 Å². The van der Waals surface area contributed by atoms with E-state index in [0.29, 0.717) is 12.8 Å². The molecule has 1 amide bonds. The lowest BCUT2D eigenvalue weighted by Crippen LogP contribution is -2.66. The van der Waals surface area contributed by atoms with Gasteiger partial charge in [0.1, 0.15) is 73.2 Å². The van der Waals surface area contributed by atoms with Crippen molar-refractivity contribution in [2.45, 2.75) is 420 Å². The SMILES string of the molecule is CCCCCCC/C=C\C/C=C\C/C=C\CCCCCCCCCCCCCCCCCCCCCCC(=O)NC(COC1OC(CO)C(OC2OC(CO)C(OC3OC(CO)C(O)C(O)C3O)C(O)C2O)C(O)C1O)C(O)/C=C/CC/C=C/CC/C=C/CCCCCCCCCCCCCC. The Labute approximate surface area is 617 Å². The maximum Gasteiger partial charge on any atom is 0.220 e. The normalized spacial score (nSPS) is 26.5. The molecule has 3 saturated heterocycles. The highest BCUT2D eigenvalue weighted by molar-refractivity contribution is 5.76. The van der Waals surface area contributed by atoms with Crippen molar-refractivity contribution >= 4 is 5.91 Å². The zero-order valence-electron chi connectivity index (χ0n) is 63.6. The van der Waals surface area contributed by atoms with Crippen LogP contribution in [0.2, 0.25) is 0 Å². The van der Waals surface area contributed by atoms with Gasteiger partial charge in [-0.2, -0.15) is 0 Å². The van der Waals surface area contributed by atoms with Crippen LogP contribution in [0.15, 0.2) is 72.9 Å². The van der Waals surface area contributed by atoms with Crippen LogP contribution in [0, 0.1) is 0 Å². The van der Waals surface area contributed by atoms with Gasteiger partial charge < -0.3 is 89.9 Å². The van der Waals surface area contributed by atoms with Crippen LogP contribution in [0.25, 0.3) is 0 Å². The molecule has 0 aromatic heterocycles. The summed E-state index contributed by atoms with van der Waals surface area (Å²) in [6.45, 7) is 1.73. The Morgan fingerprint density at radius 3 is 1.05 bits per heavy atom. The summed E-state index contributed by atoms with van der Waals surface area (Å²) < 4.78 is 34.4. The molecule has 102 heavy (non-hydrogen) atoms. The van der Waals surface area contributed by atoms with E-state index in [4.69, 9.17) is 28.4 Å². The largest absolute Gasteiger partial charge is 0.394 e. The van der Waals surface area contributed by atoms with Crippen molar-refractivity contribution in [3.05, 3.63) is 72.9 Å². The lowest BCUT2D eigenvalue weighted by atomic mass is 9.96. The van der Waals surface area contributed by atoms with Gasteiger partial charge in [0, 0.05) is 6.42 Å². The summed E-state index contributed by atoms with van der Waals surface area (Å²) in [4.78, 5) is 13.5. The van der Waals surface area contributed by atoms with E-state index in [1.165, 1.54) is 225 Å². The number of rotatable bonds is 65. The molecule has 3 rings (SSSR count). The predicted octanol–water partition coefficient (Wildman–Crippen LogP) is 14.0. The zero-order valence-corrected chi connectivity index (χ0v) is 63.6. The summed E-state index contributed by atoms with van der Waals surface area (Å²) >= 11 is 0. The molecule has 19 nitrogen and oxygen atoms in total. The third kappa shape index (κ3) is 42.7. The molecule has 3 aliphatic heterocycles. The lowest BCUT2D eigenvalue weighted by molar-refractivity contribution is -0.379. The van der Waals surface area contributed by atoms with E-state index in [9.17, 15) is 61.0 Å². The highest BCUT2D eigenvalue weighted by atomic mass is 16.8. The Morgan fingerprint density at radius 1 is 0.353 bits per heavy atom. The molecule has 12 N–H and O–H groups in total. The second kappa shape index (κ2) is 63.2. The van der Waals surface area contributed by atoms with Gasteiger partial charge in [-0.1, -0.05) is 299 Å². The van der Waals surface area contributed by atoms with Crippen molar-refractivity contribution in [1.29, 1.82) is 0 Å². The molecule has 594 valence electrons. The van der Waals surface area contributed by atoms with E-state index in [2.05, 4.69) is 79.9 Å². The van der Waals surface area contributed by atoms with Crippen molar-refractivity contribution in [1.82, 2.24) is 5.32 Å². The van der Waals surface area contributed by atoms with Gasteiger partial charge >= 0.3 is 0 Å². The van der Waals surface area contributed by atoms with Crippen LogP contribution in [0.5, 0.6) is 0 Å². The van der Waals surface area contributed by atoms with Gasteiger partial charge in [0.05, 0.1) is 38.6 Å². The lowest BCUT2D eigenvalue weighted by Gasteiger charge is -2.48. The molecule has 0 aliphatic carbocycles. The minimum Gasteiger partial charge on any atom is -0.394 e. The second-order valence-electron chi connectivity index (χ2n) is 29.2. The van der Waals surface area contributed by atoms with Crippen LogP contribution in [-0.4, -0.2) is 193 Å². The molecule has 3 heterocycles. The molecule has 0 radical (unpaired) electrons. The smallest absolute Gasteiger partial charge is 0.220 e. The van der Waals surface area contributed by atoms with E-state index in [0.717, 1.165) is 57.8 Å². The highest BCUT2D eigenvalue weighted by Crippen LogP contribution is 2.33. The fourth-order valence-electron chi connectivity index (χ4n) is 13.6. The Balaban J connectivity index is 1.36. The predicted molar refractivity (Wildman–Crippen MR) is 406 cm³/mol. The number of carbonyl (C=O) groups excluding carboxylic acids is 1. The summed E-state index contributed by atoms with van der Waals surface area (Å²) in [5.41, 5.74) is 0. The van der Waals surface area contributed by atoms with Crippen molar-refractivity contribution in [2.24, 2.45) is 0 Å². The first-order chi connectivity index (χ1) is 49.8. The molecule has 0 aromatic carbocycles. The number of hydrogen-bond acceptors (Lipinski definition) is 18. The third-order valence-electron chi connectivity index (χ3n) is 20.2. The monoisotopic (exact) mass is 1450 g/mol. The summed E-state index contributed by atoms with van der Waals surface area (Å²) in [5.74, 6) is -0.286. The van der Waals surface area contributed by atoms with Crippen LogP contribution in [-0.2, 0) is 33.2 Å². The molecule has 0 saturated carbocycles. The van der Waals surface area contributed by atoms with Gasteiger partial charge in [0.2, 0.25) is 5.91 Å². The maximum absolute atomic E-state index is 13.5. The molecular weight excluding hydrogens is 1300 g/mol. The summed E-state index contributed by atoms with van der Waals surface area (Å²) in [5, 5.41) is 121. The van der Waals surface area contributed by atoms with E-state index >= 15 is 0 Å². The fraction of sp³-hybridized carbons (Fsp3) is 0.843.